The van der Waals surface area contributed by atoms with Gasteiger partial charge in [-0.15, -0.1) is 0 Å². The molecule has 4 heteroatoms. The molecule has 0 saturated carbocycles. The quantitative estimate of drug-likeness (QED) is 0.840. The maximum absolute atomic E-state index is 6.16. The van der Waals surface area contributed by atoms with Crippen LogP contribution in [-0.4, -0.2) is 44.2 Å². The van der Waals surface area contributed by atoms with Crippen molar-refractivity contribution in [2.75, 3.05) is 38.1 Å². The topological polar surface area (TPSA) is 32.5 Å². The summed E-state index contributed by atoms with van der Waals surface area (Å²) in [6.07, 6.45) is 4.58. The van der Waals surface area contributed by atoms with Crippen LogP contribution in [0.1, 0.15) is 31.7 Å². The molecule has 0 bridgehead atoms. The lowest BCUT2D eigenvalue weighted by Crippen LogP contribution is -2.32. The third kappa shape index (κ3) is 4.87. The molecular weight excluding hydrogens is 282 g/mol. The highest BCUT2D eigenvalue weighted by Crippen LogP contribution is 2.25. The van der Waals surface area contributed by atoms with E-state index in [-0.39, 0.29) is 6.04 Å². The minimum Gasteiger partial charge on any atom is -0.373 e. The highest BCUT2D eigenvalue weighted by atomic mass is 35.5. The van der Waals surface area contributed by atoms with Gasteiger partial charge in [-0.25, -0.2) is 0 Å². The van der Waals surface area contributed by atoms with E-state index in [1.807, 2.05) is 6.07 Å². The second-order valence-electron chi connectivity index (χ2n) is 6.12. The first-order chi connectivity index (χ1) is 10.1. The number of anilines is 1. The normalized spacial score (nSPS) is 17.1. The van der Waals surface area contributed by atoms with E-state index < -0.39 is 0 Å². The predicted octanol–water partition coefficient (Wildman–Crippen LogP) is 3.15. The lowest BCUT2D eigenvalue weighted by Gasteiger charge is -2.26. The smallest absolute Gasteiger partial charge is 0.0410 e. The lowest BCUT2D eigenvalue weighted by molar-refractivity contribution is 0.346. The van der Waals surface area contributed by atoms with Gasteiger partial charge in [0.05, 0.1) is 0 Å². The van der Waals surface area contributed by atoms with Gasteiger partial charge >= 0.3 is 0 Å². The van der Waals surface area contributed by atoms with Gasteiger partial charge in [-0.3, -0.25) is 0 Å². The molecule has 1 heterocycles. The molecule has 1 aromatic rings. The fraction of sp³-hybridized carbons (Fsp3) is 0.647. The van der Waals surface area contributed by atoms with Crippen LogP contribution in [0.15, 0.2) is 18.2 Å². The van der Waals surface area contributed by atoms with Crippen molar-refractivity contribution in [1.82, 2.24) is 4.90 Å². The largest absolute Gasteiger partial charge is 0.373 e. The number of likely N-dealkylation sites (tertiary alicyclic amines) is 1. The van der Waals surface area contributed by atoms with Crippen LogP contribution in [0.2, 0.25) is 5.02 Å². The van der Waals surface area contributed by atoms with E-state index in [0.717, 1.165) is 31.0 Å². The Morgan fingerprint density at radius 1 is 1.33 bits per heavy atom. The van der Waals surface area contributed by atoms with Crippen molar-refractivity contribution in [1.29, 1.82) is 0 Å². The molecule has 1 aliphatic rings. The SMILES string of the molecule is CCC(N)Cc1cc(Cl)ccc1N(C)CCN1CCCC1. The summed E-state index contributed by atoms with van der Waals surface area (Å²) in [5, 5.41) is 0.796. The Morgan fingerprint density at radius 2 is 2.05 bits per heavy atom. The molecule has 2 rings (SSSR count). The van der Waals surface area contributed by atoms with Crippen molar-refractivity contribution < 1.29 is 0 Å². The Bertz CT molecular complexity index is 444. The molecule has 1 saturated heterocycles. The van der Waals surface area contributed by atoms with Crippen molar-refractivity contribution in [3.05, 3.63) is 28.8 Å². The molecule has 0 aromatic heterocycles. The van der Waals surface area contributed by atoms with Crippen LogP contribution in [0.5, 0.6) is 0 Å². The Kier molecular flexibility index (Phi) is 6.34. The molecule has 0 amide bonds. The van der Waals surface area contributed by atoms with E-state index in [0.29, 0.717) is 0 Å². The van der Waals surface area contributed by atoms with E-state index in [1.165, 1.54) is 37.2 Å². The number of rotatable bonds is 7. The van der Waals surface area contributed by atoms with Gasteiger partial charge in [-0.2, -0.15) is 0 Å². The van der Waals surface area contributed by atoms with Crippen LogP contribution in [0, 0.1) is 0 Å². The number of nitrogens with zero attached hydrogens (tertiary/aromatic N) is 2. The van der Waals surface area contributed by atoms with Crippen molar-refractivity contribution in [2.24, 2.45) is 5.73 Å². The summed E-state index contributed by atoms with van der Waals surface area (Å²) >= 11 is 6.16. The van der Waals surface area contributed by atoms with E-state index >= 15 is 0 Å². The average molecular weight is 310 g/mol. The molecule has 1 aliphatic heterocycles. The number of benzene rings is 1. The molecule has 0 aliphatic carbocycles. The summed E-state index contributed by atoms with van der Waals surface area (Å²) in [4.78, 5) is 4.89. The number of halogens is 1. The summed E-state index contributed by atoms with van der Waals surface area (Å²) in [6, 6.07) is 6.38. The molecule has 1 unspecified atom stereocenters. The van der Waals surface area contributed by atoms with Crippen LogP contribution >= 0.6 is 11.6 Å². The fourth-order valence-corrected chi connectivity index (χ4v) is 3.13. The summed E-state index contributed by atoms with van der Waals surface area (Å²) in [5.41, 5.74) is 8.66. The first-order valence-electron chi connectivity index (χ1n) is 8.07. The molecule has 2 N–H and O–H groups in total. The van der Waals surface area contributed by atoms with Crippen LogP contribution in [0.3, 0.4) is 0 Å². The fourth-order valence-electron chi connectivity index (χ4n) is 2.93. The average Bonchev–Trinajstić information content (AvgIpc) is 2.98. The predicted molar refractivity (Wildman–Crippen MR) is 92.4 cm³/mol. The first kappa shape index (κ1) is 16.6. The van der Waals surface area contributed by atoms with Gasteiger partial charge in [0.25, 0.3) is 0 Å². The molecule has 21 heavy (non-hydrogen) atoms. The van der Waals surface area contributed by atoms with Gasteiger partial charge in [-0.1, -0.05) is 18.5 Å². The van der Waals surface area contributed by atoms with Crippen molar-refractivity contribution >= 4 is 17.3 Å². The molecule has 1 atom stereocenters. The van der Waals surface area contributed by atoms with Crippen LogP contribution in [0.25, 0.3) is 0 Å². The van der Waals surface area contributed by atoms with Crippen molar-refractivity contribution in [2.45, 2.75) is 38.6 Å². The zero-order valence-corrected chi connectivity index (χ0v) is 14.1. The maximum atomic E-state index is 6.16. The van der Waals surface area contributed by atoms with Crippen LogP contribution < -0.4 is 10.6 Å². The number of hydrogen-bond donors (Lipinski definition) is 1. The summed E-state index contributed by atoms with van der Waals surface area (Å²) in [5.74, 6) is 0. The molecule has 0 radical (unpaired) electrons. The van der Waals surface area contributed by atoms with Crippen LogP contribution in [-0.2, 0) is 6.42 Å². The number of hydrogen-bond acceptors (Lipinski definition) is 3. The van der Waals surface area contributed by atoms with E-state index in [9.17, 15) is 0 Å². The first-order valence-corrected chi connectivity index (χ1v) is 8.45. The van der Waals surface area contributed by atoms with E-state index in [1.54, 1.807) is 0 Å². The van der Waals surface area contributed by atoms with Gasteiger partial charge in [0.1, 0.15) is 0 Å². The Labute approximate surface area is 134 Å². The molecule has 118 valence electrons. The van der Waals surface area contributed by atoms with Crippen molar-refractivity contribution in [3.8, 4) is 0 Å². The van der Waals surface area contributed by atoms with Gasteiger partial charge in [-0.05, 0) is 62.5 Å². The Balaban J connectivity index is 2.02. The molecular formula is C17H28ClN3. The van der Waals surface area contributed by atoms with E-state index in [4.69, 9.17) is 17.3 Å². The zero-order valence-electron chi connectivity index (χ0n) is 13.3. The van der Waals surface area contributed by atoms with Gasteiger partial charge in [0.15, 0.2) is 0 Å². The minimum atomic E-state index is 0.203. The third-order valence-electron chi connectivity index (χ3n) is 4.41. The molecule has 0 spiro atoms. The standard InChI is InChI=1S/C17H28ClN3/c1-3-16(19)13-14-12-15(18)6-7-17(14)20(2)10-11-21-8-4-5-9-21/h6-7,12,16H,3-5,8-11,13,19H2,1-2H3. The second-order valence-corrected chi connectivity index (χ2v) is 6.55. The van der Waals surface area contributed by atoms with Gasteiger partial charge in [0.2, 0.25) is 0 Å². The minimum absolute atomic E-state index is 0.203. The van der Waals surface area contributed by atoms with Crippen molar-refractivity contribution in [3.63, 3.8) is 0 Å². The number of nitrogens with two attached hydrogens (primary N) is 1. The Morgan fingerprint density at radius 3 is 2.71 bits per heavy atom. The second kappa shape index (κ2) is 8.02. The summed E-state index contributed by atoms with van der Waals surface area (Å²) in [7, 11) is 2.17. The summed E-state index contributed by atoms with van der Waals surface area (Å²) < 4.78 is 0. The van der Waals surface area contributed by atoms with Crippen LogP contribution in [0.4, 0.5) is 5.69 Å². The zero-order chi connectivity index (χ0) is 15.2. The molecule has 3 nitrogen and oxygen atoms in total. The van der Waals surface area contributed by atoms with Gasteiger partial charge in [0, 0.05) is 36.9 Å². The third-order valence-corrected chi connectivity index (χ3v) is 4.64. The maximum Gasteiger partial charge on any atom is 0.0410 e. The highest BCUT2D eigenvalue weighted by molar-refractivity contribution is 6.30. The van der Waals surface area contributed by atoms with Gasteiger partial charge < -0.3 is 15.5 Å². The lowest BCUT2D eigenvalue weighted by atomic mass is 10.0. The molecule has 1 fully saturated rings. The summed E-state index contributed by atoms with van der Waals surface area (Å²) in [6.45, 7) is 6.82. The monoisotopic (exact) mass is 309 g/mol. The molecule has 1 aromatic carbocycles. The number of likely N-dealkylation sites (N-methyl/N-ethyl adjacent to an activating group) is 1. The highest BCUT2D eigenvalue weighted by Gasteiger charge is 2.14. The Hall–Kier alpha value is -0.770. The van der Waals surface area contributed by atoms with E-state index in [2.05, 4.69) is 35.9 Å².